The number of hydrogen-bond donors (Lipinski definition) is 0. The number of aromatic nitrogens is 1. The van der Waals surface area contributed by atoms with Crippen LogP contribution in [0.4, 0.5) is 5.13 Å². The largest absolute Gasteiger partial charge is 0.282 e. The first kappa shape index (κ1) is 24.9. The molecule has 1 amide bonds. The number of halogens is 1. The predicted molar refractivity (Wildman–Crippen MR) is 145 cm³/mol. The molecule has 0 bridgehead atoms. The quantitative estimate of drug-likeness (QED) is 0.303. The Labute approximate surface area is 220 Å². The summed E-state index contributed by atoms with van der Waals surface area (Å²) in [5.74, 6) is -0.263. The zero-order valence-electron chi connectivity index (χ0n) is 20.0. The summed E-state index contributed by atoms with van der Waals surface area (Å²) >= 11 is 7.42. The summed E-state index contributed by atoms with van der Waals surface area (Å²) in [5, 5.41) is 1.03. The van der Waals surface area contributed by atoms with Gasteiger partial charge in [0.15, 0.2) is 5.13 Å². The minimum atomic E-state index is -3.86. The van der Waals surface area contributed by atoms with E-state index in [-0.39, 0.29) is 10.8 Å². The molecule has 4 aromatic rings. The number of amides is 1. The lowest BCUT2D eigenvalue weighted by Crippen LogP contribution is -2.47. The minimum Gasteiger partial charge on any atom is -0.282 e. The van der Waals surface area contributed by atoms with Crippen LogP contribution < -0.4 is 4.90 Å². The highest BCUT2D eigenvalue weighted by atomic mass is 35.5. The van der Waals surface area contributed by atoms with E-state index in [0.717, 1.165) is 26.9 Å². The lowest BCUT2D eigenvalue weighted by atomic mass is 10.1. The molecule has 0 N–H and O–H groups in total. The highest BCUT2D eigenvalue weighted by molar-refractivity contribution is 7.89. The fourth-order valence-electron chi connectivity index (χ4n) is 4.49. The molecule has 1 fully saturated rings. The highest BCUT2D eigenvalue weighted by Crippen LogP contribution is 2.34. The fourth-order valence-corrected chi connectivity index (χ4v) is 7.31. The summed E-state index contributed by atoms with van der Waals surface area (Å²) in [6.07, 6.45) is 1.07. The van der Waals surface area contributed by atoms with Crippen LogP contribution in [-0.2, 0) is 21.4 Å². The zero-order chi connectivity index (χ0) is 25.4. The van der Waals surface area contributed by atoms with Crippen LogP contribution >= 0.6 is 22.9 Å². The van der Waals surface area contributed by atoms with Crippen LogP contribution in [0.1, 0.15) is 29.5 Å². The van der Waals surface area contributed by atoms with Gasteiger partial charge in [0.05, 0.1) is 21.7 Å². The topological polar surface area (TPSA) is 70.6 Å². The Balaban J connectivity index is 1.53. The van der Waals surface area contributed by atoms with Crippen molar-refractivity contribution in [3.63, 3.8) is 0 Å². The van der Waals surface area contributed by atoms with Crippen molar-refractivity contribution in [2.75, 3.05) is 11.4 Å². The van der Waals surface area contributed by atoms with Gasteiger partial charge in [-0.15, -0.1) is 0 Å². The first-order chi connectivity index (χ1) is 17.2. The Morgan fingerprint density at radius 1 is 1.08 bits per heavy atom. The molecule has 2 heterocycles. The van der Waals surface area contributed by atoms with E-state index in [9.17, 15) is 13.2 Å². The number of carbonyl (C=O) groups excluding carboxylic acids is 1. The van der Waals surface area contributed by atoms with Gasteiger partial charge < -0.3 is 0 Å². The molecule has 186 valence electrons. The SMILES string of the molecule is Cc1cc2nc(N(Cc3ccccc3)C(=O)C3CCCN3S(=O)(=O)c3ccc(Cl)cc3)sc2cc1C. The van der Waals surface area contributed by atoms with Crippen LogP contribution in [0.25, 0.3) is 10.2 Å². The number of thiazole rings is 1. The van der Waals surface area contributed by atoms with Crippen molar-refractivity contribution >= 4 is 54.2 Å². The Morgan fingerprint density at radius 2 is 1.78 bits per heavy atom. The van der Waals surface area contributed by atoms with E-state index in [1.807, 2.05) is 43.3 Å². The van der Waals surface area contributed by atoms with Crippen molar-refractivity contribution in [1.82, 2.24) is 9.29 Å². The normalized spacial score (nSPS) is 16.5. The van der Waals surface area contributed by atoms with Crippen LogP contribution in [0.2, 0.25) is 5.02 Å². The van der Waals surface area contributed by atoms with Gasteiger partial charge in [-0.05, 0) is 79.8 Å². The van der Waals surface area contributed by atoms with Crippen LogP contribution in [0.15, 0.2) is 71.6 Å². The fraction of sp³-hybridized carbons (Fsp3) is 0.259. The van der Waals surface area contributed by atoms with Gasteiger partial charge in [0.2, 0.25) is 15.9 Å². The molecule has 5 rings (SSSR count). The molecule has 1 unspecified atom stereocenters. The maximum absolute atomic E-state index is 14.1. The maximum Gasteiger partial charge on any atom is 0.247 e. The van der Waals surface area contributed by atoms with E-state index in [1.54, 1.807) is 17.0 Å². The van der Waals surface area contributed by atoms with Crippen molar-refractivity contribution < 1.29 is 13.2 Å². The number of nitrogens with zero attached hydrogens (tertiary/aromatic N) is 3. The van der Waals surface area contributed by atoms with Gasteiger partial charge in [-0.25, -0.2) is 13.4 Å². The first-order valence-electron chi connectivity index (χ1n) is 11.7. The van der Waals surface area contributed by atoms with Crippen LogP contribution in [-0.4, -0.2) is 36.2 Å². The monoisotopic (exact) mass is 539 g/mol. The number of benzene rings is 3. The molecule has 3 aromatic carbocycles. The van der Waals surface area contributed by atoms with Crippen LogP contribution in [0.5, 0.6) is 0 Å². The van der Waals surface area contributed by atoms with E-state index < -0.39 is 16.1 Å². The summed E-state index contributed by atoms with van der Waals surface area (Å²) < 4.78 is 29.3. The lowest BCUT2D eigenvalue weighted by Gasteiger charge is -2.28. The lowest BCUT2D eigenvalue weighted by molar-refractivity contribution is -0.121. The number of sulfonamides is 1. The van der Waals surface area contributed by atoms with E-state index in [4.69, 9.17) is 16.6 Å². The molecule has 0 radical (unpaired) electrons. The number of rotatable bonds is 6. The first-order valence-corrected chi connectivity index (χ1v) is 14.4. The van der Waals surface area contributed by atoms with E-state index >= 15 is 0 Å². The molecule has 1 aliphatic rings. The molecule has 6 nitrogen and oxygen atoms in total. The summed E-state index contributed by atoms with van der Waals surface area (Å²) in [6, 6.07) is 19.1. The molecular formula is C27H26ClN3O3S2. The van der Waals surface area contributed by atoms with E-state index in [2.05, 4.69) is 13.0 Å². The number of carbonyl (C=O) groups is 1. The second-order valence-electron chi connectivity index (χ2n) is 9.04. The summed E-state index contributed by atoms with van der Waals surface area (Å²) in [7, 11) is -3.86. The third-order valence-corrected chi connectivity index (χ3v) is 9.80. The summed E-state index contributed by atoms with van der Waals surface area (Å²) in [6.45, 7) is 4.69. The van der Waals surface area contributed by atoms with Gasteiger partial charge >= 0.3 is 0 Å². The molecule has 36 heavy (non-hydrogen) atoms. The van der Waals surface area contributed by atoms with Crippen LogP contribution in [0.3, 0.4) is 0 Å². The van der Waals surface area contributed by atoms with Crippen molar-refractivity contribution in [2.45, 2.75) is 44.2 Å². The zero-order valence-corrected chi connectivity index (χ0v) is 22.4. The number of fused-ring (bicyclic) bond motifs is 1. The third-order valence-electron chi connectivity index (χ3n) is 6.58. The van der Waals surface area contributed by atoms with Crippen molar-refractivity contribution in [3.8, 4) is 0 Å². The minimum absolute atomic E-state index is 0.132. The number of aryl methyl sites for hydroxylation is 2. The van der Waals surface area contributed by atoms with E-state index in [1.165, 1.54) is 27.8 Å². The molecule has 1 aliphatic heterocycles. The highest BCUT2D eigenvalue weighted by Gasteiger charge is 2.42. The van der Waals surface area contributed by atoms with Gasteiger partial charge in [-0.3, -0.25) is 9.69 Å². The van der Waals surface area contributed by atoms with Gasteiger partial charge in [0.25, 0.3) is 0 Å². The third kappa shape index (κ3) is 4.78. The molecule has 0 spiro atoms. The molecular weight excluding hydrogens is 514 g/mol. The maximum atomic E-state index is 14.1. The molecule has 9 heteroatoms. The average molecular weight is 540 g/mol. The predicted octanol–water partition coefficient (Wildman–Crippen LogP) is 5.95. The summed E-state index contributed by atoms with van der Waals surface area (Å²) in [4.78, 5) is 20.6. The van der Waals surface area contributed by atoms with Crippen LogP contribution in [0, 0.1) is 13.8 Å². The molecule has 0 saturated carbocycles. The number of anilines is 1. The molecule has 1 saturated heterocycles. The van der Waals surface area contributed by atoms with Gasteiger partial charge in [-0.1, -0.05) is 53.3 Å². The second-order valence-corrected chi connectivity index (χ2v) is 12.4. The van der Waals surface area contributed by atoms with Crippen molar-refractivity contribution in [3.05, 3.63) is 88.4 Å². The second kappa shape index (κ2) is 9.94. The van der Waals surface area contributed by atoms with Gasteiger partial charge in [0.1, 0.15) is 6.04 Å². The molecule has 1 atom stereocenters. The Bertz CT molecular complexity index is 1480. The van der Waals surface area contributed by atoms with E-state index in [0.29, 0.717) is 36.1 Å². The van der Waals surface area contributed by atoms with Crippen molar-refractivity contribution in [2.24, 2.45) is 0 Å². The standard InChI is InChI=1S/C27H26ClN3O3S2/c1-18-15-23-25(16-19(18)2)35-27(29-23)30(17-20-7-4-3-5-8-20)26(32)24-9-6-14-31(24)36(33,34)22-12-10-21(28)11-13-22/h3-5,7-8,10-13,15-16,24H,6,9,14,17H2,1-2H3. The Morgan fingerprint density at radius 3 is 2.50 bits per heavy atom. The molecule has 1 aromatic heterocycles. The Kier molecular flexibility index (Phi) is 6.87. The Hall–Kier alpha value is -2.78. The van der Waals surface area contributed by atoms with Crippen molar-refractivity contribution in [1.29, 1.82) is 0 Å². The molecule has 0 aliphatic carbocycles. The average Bonchev–Trinajstić information content (AvgIpc) is 3.51. The van der Waals surface area contributed by atoms with Gasteiger partial charge in [0, 0.05) is 11.6 Å². The smallest absolute Gasteiger partial charge is 0.247 e. The van der Waals surface area contributed by atoms with Gasteiger partial charge in [-0.2, -0.15) is 4.31 Å². The summed E-state index contributed by atoms with van der Waals surface area (Å²) in [5.41, 5.74) is 4.08. The number of hydrogen-bond acceptors (Lipinski definition) is 5.